The standard InChI is InChI=1S/C17H25N5O/c1-4-6-14-10-16(19-18-14)17(23)21-8-5-7-15(21)11-22-13(3)9-12(2)20-22/h9-10,15H,4-8,11H2,1-3H3,(H,18,19)/t15-/m1/s1. The maximum absolute atomic E-state index is 12.8. The minimum atomic E-state index is 0.0348. The zero-order valence-corrected chi connectivity index (χ0v) is 14.2. The van der Waals surface area contributed by atoms with Crippen LogP contribution in [0.15, 0.2) is 12.1 Å². The third kappa shape index (κ3) is 3.30. The maximum Gasteiger partial charge on any atom is 0.274 e. The van der Waals surface area contributed by atoms with E-state index in [0.717, 1.165) is 55.9 Å². The second-order valence-electron chi connectivity index (χ2n) is 6.43. The normalized spacial score (nSPS) is 17.9. The lowest BCUT2D eigenvalue weighted by molar-refractivity contribution is 0.0715. The highest BCUT2D eigenvalue weighted by atomic mass is 16.2. The van der Waals surface area contributed by atoms with E-state index in [-0.39, 0.29) is 11.9 Å². The van der Waals surface area contributed by atoms with Gasteiger partial charge in [-0.05, 0) is 45.2 Å². The summed E-state index contributed by atoms with van der Waals surface area (Å²) in [6.07, 6.45) is 4.04. The molecule has 1 amide bonds. The molecule has 1 aliphatic rings. The molecule has 1 saturated heterocycles. The average molecular weight is 315 g/mol. The van der Waals surface area contributed by atoms with Gasteiger partial charge in [0.15, 0.2) is 0 Å². The quantitative estimate of drug-likeness (QED) is 0.922. The molecule has 0 bridgehead atoms. The van der Waals surface area contributed by atoms with E-state index < -0.39 is 0 Å². The Morgan fingerprint density at radius 2 is 2.22 bits per heavy atom. The summed E-state index contributed by atoms with van der Waals surface area (Å²) in [6, 6.07) is 4.17. The zero-order chi connectivity index (χ0) is 16.4. The van der Waals surface area contributed by atoms with Crippen molar-refractivity contribution in [1.29, 1.82) is 0 Å². The zero-order valence-electron chi connectivity index (χ0n) is 14.2. The highest BCUT2D eigenvalue weighted by Gasteiger charge is 2.31. The van der Waals surface area contributed by atoms with Gasteiger partial charge in [-0.1, -0.05) is 13.3 Å². The Kier molecular flexibility index (Phi) is 4.50. The minimum absolute atomic E-state index is 0.0348. The van der Waals surface area contributed by atoms with E-state index in [1.165, 1.54) is 0 Å². The van der Waals surface area contributed by atoms with Gasteiger partial charge in [0.25, 0.3) is 5.91 Å². The Morgan fingerprint density at radius 3 is 2.91 bits per heavy atom. The van der Waals surface area contributed by atoms with Crippen LogP contribution in [0.2, 0.25) is 0 Å². The van der Waals surface area contributed by atoms with Crippen LogP contribution in [0.5, 0.6) is 0 Å². The lowest BCUT2D eigenvalue weighted by atomic mass is 10.2. The number of rotatable bonds is 5. The molecule has 6 heteroatoms. The molecule has 1 N–H and O–H groups in total. The maximum atomic E-state index is 12.8. The third-order valence-electron chi connectivity index (χ3n) is 4.49. The first-order chi connectivity index (χ1) is 11.1. The van der Waals surface area contributed by atoms with Crippen molar-refractivity contribution in [2.24, 2.45) is 0 Å². The molecular weight excluding hydrogens is 290 g/mol. The second-order valence-corrected chi connectivity index (χ2v) is 6.43. The third-order valence-corrected chi connectivity index (χ3v) is 4.49. The highest BCUT2D eigenvalue weighted by molar-refractivity contribution is 5.92. The van der Waals surface area contributed by atoms with Crippen LogP contribution in [0, 0.1) is 13.8 Å². The number of aromatic amines is 1. The summed E-state index contributed by atoms with van der Waals surface area (Å²) in [5.41, 5.74) is 3.74. The van der Waals surface area contributed by atoms with E-state index in [1.54, 1.807) is 0 Å². The molecule has 1 aliphatic heterocycles. The predicted octanol–water partition coefficient (Wildman–Crippen LogP) is 2.48. The van der Waals surface area contributed by atoms with Crippen LogP contribution < -0.4 is 0 Å². The Hall–Kier alpha value is -2.11. The lowest BCUT2D eigenvalue weighted by Gasteiger charge is -2.24. The largest absolute Gasteiger partial charge is 0.332 e. The van der Waals surface area contributed by atoms with Crippen LogP contribution in [0.3, 0.4) is 0 Å². The fraction of sp³-hybridized carbons (Fsp3) is 0.588. The van der Waals surface area contributed by atoms with Crippen molar-refractivity contribution in [1.82, 2.24) is 24.9 Å². The Bertz CT molecular complexity index is 687. The van der Waals surface area contributed by atoms with Crippen LogP contribution in [-0.2, 0) is 13.0 Å². The number of nitrogens with zero attached hydrogens (tertiary/aromatic N) is 4. The molecule has 0 radical (unpaired) electrons. The summed E-state index contributed by atoms with van der Waals surface area (Å²) >= 11 is 0. The number of hydrogen-bond donors (Lipinski definition) is 1. The van der Waals surface area contributed by atoms with E-state index >= 15 is 0 Å². The van der Waals surface area contributed by atoms with Gasteiger partial charge in [-0.25, -0.2) is 0 Å². The van der Waals surface area contributed by atoms with E-state index in [1.807, 2.05) is 22.6 Å². The van der Waals surface area contributed by atoms with Gasteiger partial charge in [-0.3, -0.25) is 14.6 Å². The first kappa shape index (κ1) is 15.8. The van der Waals surface area contributed by atoms with Gasteiger partial charge < -0.3 is 4.90 Å². The van der Waals surface area contributed by atoms with E-state index in [2.05, 4.69) is 35.2 Å². The number of carbonyl (C=O) groups is 1. The van der Waals surface area contributed by atoms with Crippen molar-refractivity contribution >= 4 is 5.91 Å². The first-order valence-electron chi connectivity index (χ1n) is 8.44. The number of carbonyl (C=O) groups excluding carboxylic acids is 1. The molecule has 0 saturated carbocycles. The van der Waals surface area contributed by atoms with Crippen molar-refractivity contribution in [3.05, 3.63) is 34.9 Å². The second kappa shape index (κ2) is 6.56. The van der Waals surface area contributed by atoms with Crippen molar-refractivity contribution in [2.45, 2.75) is 59.0 Å². The number of aryl methyl sites for hydroxylation is 3. The molecule has 0 aliphatic carbocycles. The van der Waals surface area contributed by atoms with Gasteiger partial charge in [0, 0.05) is 17.9 Å². The van der Waals surface area contributed by atoms with Crippen molar-refractivity contribution in [3.63, 3.8) is 0 Å². The van der Waals surface area contributed by atoms with Crippen molar-refractivity contribution < 1.29 is 4.79 Å². The topological polar surface area (TPSA) is 66.8 Å². The van der Waals surface area contributed by atoms with E-state index in [9.17, 15) is 4.79 Å². The molecule has 2 aromatic heterocycles. The Morgan fingerprint density at radius 1 is 1.39 bits per heavy atom. The lowest BCUT2D eigenvalue weighted by Crippen LogP contribution is -2.38. The number of likely N-dealkylation sites (tertiary alicyclic amines) is 1. The van der Waals surface area contributed by atoms with Gasteiger partial charge in [-0.15, -0.1) is 0 Å². The summed E-state index contributed by atoms with van der Waals surface area (Å²) in [5, 5.41) is 11.7. The van der Waals surface area contributed by atoms with Crippen LogP contribution >= 0.6 is 0 Å². The van der Waals surface area contributed by atoms with Gasteiger partial charge in [0.1, 0.15) is 5.69 Å². The van der Waals surface area contributed by atoms with Gasteiger partial charge in [-0.2, -0.15) is 10.2 Å². The van der Waals surface area contributed by atoms with Crippen LogP contribution in [0.25, 0.3) is 0 Å². The molecule has 0 aromatic carbocycles. The predicted molar refractivity (Wildman–Crippen MR) is 88.3 cm³/mol. The first-order valence-corrected chi connectivity index (χ1v) is 8.44. The van der Waals surface area contributed by atoms with Crippen molar-refractivity contribution in [2.75, 3.05) is 6.54 Å². The van der Waals surface area contributed by atoms with Crippen LogP contribution in [-0.4, -0.2) is 43.4 Å². The fourth-order valence-corrected chi connectivity index (χ4v) is 3.37. The minimum Gasteiger partial charge on any atom is -0.332 e. The number of nitrogens with one attached hydrogen (secondary N) is 1. The summed E-state index contributed by atoms with van der Waals surface area (Å²) in [5.74, 6) is 0.0348. The molecule has 1 fully saturated rings. The molecule has 6 nitrogen and oxygen atoms in total. The molecule has 0 spiro atoms. The molecule has 0 unspecified atom stereocenters. The fourth-order valence-electron chi connectivity index (χ4n) is 3.37. The SMILES string of the molecule is CCCc1cc(C(=O)N2CCC[C@@H]2Cn2nc(C)cc2C)n[nH]1. The van der Waals surface area contributed by atoms with Gasteiger partial charge in [0.05, 0.1) is 18.3 Å². The number of H-pyrrole nitrogens is 1. The molecule has 124 valence electrons. The van der Waals surface area contributed by atoms with Crippen molar-refractivity contribution in [3.8, 4) is 0 Å². The molecule has 3 rings (SSSR count). The van der Waals surface area contributed by atoms with Gasteiger partial charge in [0.2, 0.25) is 0 Å². The number of amides is 1. The molecule has 23 heavy (non-hydrogen) atoms. The number of hydrogen-bond acceptors (Lipinski definition) is 3. The Balaban J connectivity index is 1.72. The van der Waals surface area contributed by atoms with Gasteiger partial charge >= 0.3 is 0 Å². The van der Waals surface area contributed by atoms with E-state index in [0.29, 0.717) is 5.69 Å². The summed E-state index contributed by atoms with van der Waals surface area (Å²) in [6.45, 7) is 7.75. The molecule has 1 atom stereocenters. The molecular formula is C17H25N5O. The Labute approximate surface area is 136 Å². The van der Waals surface area contributed by atoms with Crippen LogP contribution in [0.4, 0.5) is 0 Å². The monoisotopic (exact) mass is 315 g/mol. The summed E-state index contributed by atoms with van der Waals surface area (Å²) in [4.78, 5) is 14.7. The smallest absolute Gasteiger partial charge is 0.274 e. The molecule has 2 aromatic rings. The molecule has 3 heterocycles. The van der Waals surface area contributed by atoms with E-state index in [4.69, 9.17) is 0 Å². The number of aromatic nitrogens is 4. The van der Waals surface area contributed by atoms with Crippen LogP contribution in [0.1, 0.15) is 53.8 Å². The average Bonchev–Trinajstić information content (AvgIpc) is 3.21. The summed E-state index contributed by atoms with van der Waals surface area (Å²) in [7, 11) is 0. The summed E-state index contributed by atoms with van der Waals surface area (Å²) < 4.78 is 2.01. The highest BCUT2D eigenvalue weighted by Crippen LogP contribution is 2.22.